The predicted octanol–water partition coefficient (Wildman–Crippen LogP) is 5.55. The van der Waals surface area contributed by atoms with E-state index in [0.717, 1.165) is 17.7 Å². The summed E-state index contributed by atoms with van der Waals surface area (Å²) >= 11 is 0. The summed E-state index contributed by atoms with van der Waals surface area (Å²) in [5.41, 5.74) is 1.13. The number of halogens is 3. The summed E-state index contributed by atoms with van der Waals surface area (Å²) in [5.74, 6) is -0.107. The van der Waals surface area contributed by atoms with Crippen molar-refractivity contribution in [3.8, 4) is 5.75 Å². The minimum atomic E-state index is -4.54. The molecule has 1 aliphatic heterocycles. The van der Waals surface area contributed by atoms with Crippen LogP contribution in [0.1, 0.15) is 29.7 Å². The number of benzene rings is 3. The van der Waals surface area contributed by atoms with E-state index >= 15 is 0 Å². The van der Waals surface area contributed by atoms with E-state index in [2.05, 4.69) is 16.0 Å². The number of hydrogen-bond donors (Lipinski definition) is 3. The average Bonchev–Trinajstić information content (AvgIpc) is 2.82. The molecular weight excluding hydrogens is 459 g/mol. The molecule has 3 aromatic carbocycles. The molecule has 180 valence electrons. The zero-order valence-electron chi connectivity index (χ0n) is 18.6. The molecule has 0 fully saturated rings. The van der Waals surface area contributed by atoms with Gasteiger partial charge in [-0.25, -0.2) is 4.79 Å². The molecule has 0 unspecified atom stereocenters. The number of amides is 3. The monoisotopic (exact) mass is 481 g/mol. The zero-order chi connectivity index (χ0) is 25.0. The second-order valence-electron chi connectivity index (χ2n) is 7.95. The van der Waals surface area contributed by atoms with Crippen LogP contribution < -0.4 is 20.7 Å². The largest absolute Gasteiger partial charge is 0.489 e. The summed E-state index contributed by atoms with van der Waals surface area (Å²) in [6.45, 7) is 1.89. The van der Waals surface area contributed by atoms with Crippen LogP contribution >= 0.6 is 0 Å². The molecule has 35 heavy (non-hydrogen) atoms. The normalized spacial score (nSPS) is 15.8. The second-order valence-corrected chi connectivity index (χ2v) is 7.95. The molecule has 3 aromatic rings. The third-order valence-electron chi connectivity index (χ3n) is 5.40. The Balaban J connectivity index is 1.58. The van der Waals surface area contributed by atoms with Crippen LogP contribution in [-0.4, -0.2) is 11.9 Å². The van der Waals surface area contributed by atoms with Gasteiger partial charge in [-0.1, -0.05) is 48.5 Å². The molecule has 0 bridgehead atoms. The number of alkyl halides is 3. The van der Waals surface area contributed by atoms with Crippen molar-refractivity contribution in [3.05, 3.63) is 107 Å². The first-order valence-electron chi connectivity index (χ1n) is 10.7. The van der Waals surface area contributed by atoms with Crippen molar-refractivity contribution in [3.63, 3.8) is 0 Å². The fourth-order valence-corrected chi connectivity index (χ4v) is 3.74. The summed E-state index contributed by atoms with van der Waals surface area (Å²) in [6, 6.07) is 19.5. The molecule has 3 N–H and O–H groups in total. The van der Waals surface area contributed by atoms with Crippen LogP contribution in [0.15, 0.2) is 90.1 Å². The maximum atomic E-state index is 13.2. The zero-order valence-corrected chi connectivity index (χ0v) is 18.6. The van der Waals surface area contributed by atoms with E-state index in [1.54, 1.807) is 31.2 Å². The van der Waals surface area contributed by atoms with Crippen LogP contribution in [0, 0.1) is 0 Å². The molecule has 0 aromatic heterocycles. The second kappa shape index (κ2) is 9.92. The highest BCUT2D eigenvalue weighted by Crippen LogP contribution is 2.32. The van der Waals surface area contributed by atoms with Gasteiger partial charge in [0.25, 0.3) is 5.91 Å². The molecule has 1 aliphatic rings. The van der Waals surface area contributed by atoms with Crippen molar-refractivity contribution < 1.29 is 27.5 Å². The first-order valence-corrected chi connectivity index (χ1v) is 10.7. The molecule has 1 atom stereocenters. The molecule has 0 radical (unpaired) electrons. The summed E-state index contributed by atoms with van der Waals surface area (Å²) in [7, 11) is 0. The fourth-order valence-electron chi connectivity index (χ4n) is 3.74. The maximum absolute atomic E-state index is 13.2. The molecule has 1 heterocycles. The number of rotatable bonds is 6. The topological polar surface area (TPSA) is 79.5 Å². The summed E-state index contributed by atoms with van der Waals surface area (Å²) in [5, 5.41) is 7.77. The Morgan fingerprint density at radius 2 is 1.74 bits per heavy atom. The number of carbonyl (C=O) groups is 2. The van der Waals surface area contributed by atoms with Gasteiger partial charge in [-0.2, -0.15) is 13.2 Å². The Labute approximate surface area is 199 Å². The lowest BCUT2D eigenvalue weighted by Crippen LogP contribution is -2.46. The number of allylic oxidation sites excluding steroid dienone is 1. The molecule has 4 rings (SSSR count). The molecule has 0 spiro atoms. The van der Waals surface area contributed by atoms with E-state index in [0.29, 0.717) is 23.6 Å². The number of nitrogens with one attached hydrogen (secondary N) is 3. The van der Waals surface area contributed by atoms with Gasteiger partial charge >= 0.3 is 12.2 Å². The molecule has 0 saturated carbocycles. The van der Waals surface area contributed by atoms with Crippen molar-refractivity contribution in [2.24, 2.45) is 0 Å². The first-order chi connectivity index (χ1) is 16.7. The van der Waals surface area contributed by atoms with E-state index in [-0.39, 0.29) is 11.3 Å². The van der Waals surface area contributed by atoms with Crippen molar-refractivity contribution in [2.75, 3.05) is 5.32 Å². The third kappa shape index (κ3) is 5.81. The number of carbonyl (C=O) groups excluding carboxylic acids is 2. The Morgan fingerprint density at radius 1 is 1.00 bits per heavy atom. The van der Waals surface area contributed by atoms with Crippen molar-refractivity contribution >= 4 is 17.6 Å². The quantitative estimate of drug-likeness (QED) is 0.432. The van der Waals surface area contributed by atoms with Crippen LogP contribution in [0.5, 0.6) is 5.75 Å². The number of ether oxygens (including phenoxy) is 1. The van der Waals surface area contributed by atoms with Gasteiger partial charge in [0, 0.05) is 11.4 Å². The number of urea groups is 1. The Bertz CT molecular complexity index is 1270. The van der Waals surface area contributed by atoms with Crippen LogP contribution in [0.4, 0.5) is 23.7 Å². The molecule has 6 nitrogen and oxygen atoms in total. The van der Waals surface area contributed by atoms with Gasteiger partial charge in [0.15, 0.2) is 0 Å². The van der Waals surface area contributed by atoms with E-state index < -0.39 is 29.7 Å². The van der Waals surface area contributed by atoms with E-state index in [4.69, 9.17) is 4.74 Å². The standard InChI is InChI=1S/C26H22F3N3O3/c1-16-22(24(33)31-20-11-6-10-19(14-20)26(27,28)29)23(32-25(34)30-16)18-9-5-12-21(13-18)35-15-17-7-3-2-4-8-17/h2-14,23H,15H2,1H3,(H,31,33)(H2,30,32,34)/t23-/m1/s1. The predicted molar refractivity (Wildman–Crippen MR) is 124 cm³/mol. The lowest BCUT2D eigenvalue weighted by atomic mass is 9.94. The van der Waals surface area contributed by atoms with Crippen LogP contribution in [-0.2, 0) is 17.6 Å². The van der Waals surface area contributed by atoms with Gasteiger partial charge in [-0.3, -0.25) is 4.79 Å². The average molecular weight is 481 g/mol. The van der Waals surface area contributed by atoms with Crippen LogP contribution in [0.25, 0.3) is 0 Å². The molecule has 0 aliphatic carbocycles. The fraction of sp³-hybridized carbons (Fsp3) is 0.154. The van der Waals surface area contributed by atoms with E-state index in [1.165, 1.54) is 12.1 Å². The molecular formula is C26H22F3N3O3. The molecule has 9 heteroatoms. The summed E-state index contributed by atoms with van der Waals surface area (Å²) in [4.78, 5) is 25.3. The van der Waals surface area contributed by atoms with Crippen molar-refractivity contribution in [1.29, 1.82) is 0 Å². The SMILES string of the molecule is CC1=C(C(=O)Nc2cccc(C(F)(F)F)c2)[C@@H](c2cccc(OCc3ccccc3)c2)NC(=O)N1. The van der Waals surface area contributed by atoms with Crippen molar-refractivity contribution in [2.45, 2.75) is 25.7 Å². The highest BCUT2D eigenvalue weighted by Gasteiger charge is 2.33. The van der Waals surface area contributed by atoms with Crippen LogP contribution in [0.2, 0.25) is 0 Å². The first kappa shape index (κ1) is 23.9. The minimum absolute atomic E-state index is 0.0132. The Kier molecular flexibility index (Phi) is 6.77. The van der Waals surface area contributed by atoms with Gasteiger partial charge < -0.3 is 20.7 Å². The van der Waals surface area contributed by atoms with Gasteiger partial charge in [-0.05, 0) is 48.4 Å². The third-order valence-corrected chi connectivity index (χ3v) is 5.40. The summed E-state index contributed by atoms with van der Waals surface area (Å²) in [6.07, 6.45) is -4.54. The highest BCUT2D eigenvalue weighted by atomic mass is 19.4. The van der Waals surface area contributed by atoms with Gasteiger partial charge in [0.1, 0.15) is 12.4 Å². The summed E-state index contributed by atoms with van der Waals surface area (Å²) < 4.78 is 45.1. The Hall–Kier alpha value is -4.27. The van der Waals surface area contributed by atoms with E-state index in [1.807, 2.05) is 30.3 Å². The molecule has 3 amide bonds. The van der Waals surface area contributed by atoms with E-state index in [9.17, 15) is 22.8 Å². The number of anilines is 1. The lowest BCUT2D eigenvalue weighted by molar-refractivity contribution is -0.137. The number of hydrogen-bond acceptors (Lipinski definition) is 3. The maximum Gasteiger partial charge on any atom is 0.416 e. The van der Waals surface area contributed by atoms with Gasteiger partial charge in [-0.15, -0.1) is 0 Å². The van der Waals surface area contributed by atoms with Crippen LogP contribution in [0.3, 0.4) is 0 Å². The highest BCUT2D eigenvalue weighted by molar-refractivity contribution is 6.06. The molecule has 0 saturated heterocycles. The lowest BCUT2D eigenvalue weighted by Gasteiger charge is -2.29. The minimum Gasteiger partial charge on any atom is -0.489 e. The van der Waals surface area contributed by atoms with Gasteiger partial charge in [0.2, 0.25) is 0 Å². The Morgan fingerprint density at radius 3 is 2.49 bits per heavy atom. The smallest absolute Gasteiger partial charge is 0.416 e. The van der Waals surface area contributed by atoms with Gasteiger partial charge in [0.05, 0.1) is 17.2 Å². The van der Waals surface area contributed by atoms with Crippen molar-refractivity contribution in [1.82, 2.24) is 10.6 Å².